The summed E-state index contributed by atoms with van der Waals surface area (Å²) in [5.74, 6) is -0.327. The number of benzene rings is 2. The predicted octanol–water partition coefficient (Wildman–Crippen LogP) is 7.16. The number of aliphatic hydroxyl groups excluding tert-OH is 1. The van der Waals surface area contributed by atoms with Crippen molar-refractivity contribution in [3.05, 3.63) is 95.1 Å². The SMILES string of the molecule is C=C(C)C(=O)OCC(COC(=O)C(=C)CO)c1ccc(C2CCC(c3ccc(CCCCC)cc3)CC2)cc1. The van der Waals surface area contributed by atoms with Gasteiger partial charge < -0.3 is 14.6 Å². The molecule has 0 aliphatic heterocycles. The van der Waals surface area contributed by atoms with Gasteiger partial charge in [-0.2, -0.15) is 0 Å². The Bertz CT molecular complexity index is 1090. The molecule has 210 valence electrons. The lowest BCUT2D eigenvalue weighted by Crippen LogP contribution is -2.21. The summed E-state index contributed by atoms with van der Waals surface area (Å²) in [5.41, 5.74) is 5.44. The number of aryl methyl sites for hydroxylation is 1. The van der Waals surface area contributed by atoms with Gasteiger partial charge in [0.25, 0.3) is 0 Å². The maximum Gasteiger partial charge on any atom is 0.335 e. The third kappa shape index (κ3) is 9.21. The van der Waals surface area contributed by atoms with Gasteiger partial charge in [-0.3, -0.25) is 0 Å². The normalized spacial score (nSPS) is 17.7. The molecule has 0 saturated heterocycles. The molecule has 1 atom stereocenters. The van der Waals surface area contributed by atoms with Crippen molar-refractivity contribution >= 4 is 11.9 Å². The average Bonchev–Trinajstić information content (AvgIpc) is 2.97. The van der Waals surface area contributed by atoms with Crippen LogP contribution in [0.5, 0.6) is 0 Å². The molecule has 2 aromatic carbocycles. The second-order valence-corrected chi connectivity index (χ2v) is 10.8. The molecule has 1 saturated carbocycles. The molecule has 0 spiro atoms. The molecule has 1 fully saturated rings. The first-order valence-electron chi connectivity index (χ1n) is 14.3. The van der Waals surface area contributed by atoms with Crippen LogP contribution in [0, 0.1) is 0 Å². The minimum absolute atomic E-state index is 0.0125. The zero-order chi connectivity index (χ0) is 28.2. The summed E-state index contributed by atoms with van der Waals surface area (Å²) in [6.07, 6.45) is 9.68. The molecule has 3 rings (SSSR count). The fraction of sp³-hybridized carbons (Fsp3) is 0.471. The summed E-state index contributed by atoms with van der Waals surface area (Å²) in [4.78, 5) is 24.0. The molecule has 5 nitrogen and oxygen atoms in total. The maximum absolute atomic E-state index is 12.0. The van der Waals surface area contributed by atoms with Crippen LogP contribution in [0.4, 0.5) is 0 Å². The van der Waals surface area contributed by atoms with Gasteiger partial charge in [0.05, 0.1) is 18.1 Å². The summed E-state index contributed by atoms with van der Waals surface area (Å²) < 4.78 is 10.7. The van der Waals surface area contributed by atoms with E-state index in [2.05, 4.69) is 56.5 Å². The van der Waals surface area contributed by atoms with E-state index in [4.69, 9.17) is 14.6 Å². The monoisotopic (exact) mass is 532 g/mol. The molecular weight excluding hydrogens is 488 g/mol. The zero-order valence-electron chi connectivity index (χ0n) is 23.6. The van der Waals surface area contributed by atoms with Crippen LogP contribution < -0.4 is 0 Å². The van der Waals surface area contributed by atoms with Crippen molar-refractivity contribution in [1.82, 2.24) is 0 Å². The lowest BCUT2D eigenvalue weighted by molar-refractivity contribution is -0.142. The van der Waals surface area contributed by atoms with Crippen LogP contribution in [0.15, 0.2) is 72.8 Å². The Morgan fingerprint density at radius 2 is 1.36 bits per heavy atom. The van der Waals surface area contributed by atoms with Crippen LogP contribution >= 0.6 is 0 Å². The van der Waals surface area contributed by atoms with Gasteiger partial charge in [0.15, 0.2) is 0 Å². The van der Waals surface area contributed by atoms with E-state index in [1.807, 2.05) is 12.1 Å². The van der Waals surface area contributed by atoms with Gasteiger partial charge in [-0.15, -0.1) is 0 Å². The first-order valence-corrected chi connectivity index (χ1v) is 14.3. The van der Waals surface area contributed by atoms with E-state index >= 15 is 0 Å². The molecule has 2 aromatic rings. The highest BCUT2D eigenvalue weighted by Gasteiger charge is 2.24. The van der Waals surface area contributed by atoms with Gasteiger partial charge >= 0.3 is 11.9 Å². The summed E-state index contributed by atoms with van der Waals surface area (Å²) in [6.45, 7) is 10.6. The van der Waals surface area contributed by atoms with Crippen LogP contribution in [0.2, 0.25) is 0 Å². The molecule has 5 heteroatoms. The summed E-state index contributed by atoms with van der Waals surface area (Å²) in [7, 11) is 0. The number of unbranched alkanes of at least 4 members (excludes halogenated alkanes) is 2. The molecule has 1 unspecified atom stereocenters. The molecule has 1 aliphatic carbocycles. The molecule has 1 aliphatic rings. The van der Waals surface area contributed by atoms with Gasteiger partial charge in [0.1, 0.15) is 13.2 Å². The van der Waals surface area contributed by atoms with E-state index in [0.29, 0.717) is 17.4 Å². The van der Waals surface area contributed by atoms with E-state index in [1.54, 1.807) is 6.92 Å². The quantitative estimate of drug-likeness (QED) is 0.159. The molecule has 1 N–H and O–H groups in total. The van der Waals surface area contributed by atoms with Gasteiger partial charge in [0.2, 0.25) is 0 Å². The van der Waals surface area contributed by atoms with E-state index < -0.39 is 18.5 Å². The standard InChI is InChI=1S/C34H44O5/c1-5-6-7-8-26-9-11-27(12-10-26)28-13-15-29(16-14-28)30-17-19-31(20-18-30)32(22-38-33(36)24(2)3)23-39-34(37)25(4)21-35/h9-12,17-20,28-29,32,35H,2,4-8,13-16,21-23H2,1,3H3. The molecule has 0 aromatic heterocycles. The number of hydrogen-bond donors (Lipinski definition) is 1. The van der Waals surface area contributed by atoms with E-state index in [-0.39, 0.29) is 24.7 Å². The van der Waals surface area contributed by atoms with Crippen LogP contribution in [-0.4, -0.2) is 36.9 Å². The lowest BCUT2D eigenvalue weighted by atomic mass is 9.76. The van der Waals surface area contributed by atoms with E-state index in [0.717, 1.165) is 18.4 Å². The third-order valence-electron chi connectivity index (χ3n) is 7.79. The smallest absolute Gasteiger partial charge is 0.335 e. The predicted molar refractivity (Wildman–Crippen MR) is 156 cm³/mol. The van der Waals surface area contributed by atoms with Crippen molar-refractivity contribution in [2.75, 3.05) is 19.8 Å². The summed E-state index contributed by atoms with van der Waals surface area (Å²) in [6, 6.07) is 17.7. The number of rotatable bonds is 14. The van der Waals surface area contributed by atoms with Crippen LogP contribution in [-0.2, 0) is 25.5 Å². The van der Waals surface area contributed by atoms with Gasteiger partial charge in [-0.05, 0) is 79.5 Å². The fourth-order valence-electron chi connectivity index (χ4n) is 5.22. The number of carbonyl (C=O) groups is 2. The summed E-state index contributed by atoms with van der Waals surface area (Å²) >= 11 is 0. The zero-order valence-corrected chi connectivity index (χ0v) is 23.6. The second-order valence-electron chi connectivity index (χ2n) is 10.8. The largest absolute Gasteiger partial charge is 0.462 e. The van der Waals surface area contributed by atoms with E-state index in [9.17, 15) is 9.59 Å². The van der Waals surface area contributed by atoms with Crippen LogP contribution in [0.3, 0.4) is 0 Å². The molecule has 0 amide bonds. The Morgan fingerprint density at radius 1 is 0.846 bits per heavy atom. The van der Waals surface area contributed by atoms with Crippen molar-refractivity contribution in [2.24, 2.45) is 0 Å². The third-order valence-corrected chi connectivity index (χ3v) is 7.79. The van der Waals surface area contributed by atoms with Gasteiger partial charge in [-0.1, -0.05) is 81.5 Å². The lowest BCUT2D eigenvalue weighted by Gasteiger charge is -2.29. The maximum atomic E-state index is 12.0. The highest BCUT2D eigenvalue weighted by atomic mass is 16.5. The fourth-order valence-corrected chi connectivity index (χ4v) is 5.22. The van der Waals surface area contributed by atoms with Gasteiger partial charge in [-0.25, -0.2) is 9.59 Å². The number of carbonyl (C=O) groups excluding carboxylic acids is 2. The Hall–Kier alpha value is -3.18. The highest BCUT2D eigenvalue weighted by molar-refractivity contribution is 5.88. The number of esters is 2. The van der Waals surface area contributed by atoms with Crippen molar-refractivity contribution in [3.8, 4) is 0 Å². The molecule has 0 heterocycles. The Balaban J connectivity index is 1.58. The van der Waals surface area contributed by atoms with Crippen LogP contribution in [0.1, 0.15) is 98.8 Å². The number of hydrogen-bond acceptors (Lipinski definition) is 5. The van der Waals surface area contributed by atoms with Crippen LogP contribution in [0.25, 0.3) is 0 Å². The van der Waals surface area contributed by atoms with Gasteiger partial charge in [0, 0.05) is 5.57 Å². The Labute approximate surface area is 233 Å². The first-order chi connectivity index (χ1) is 18.8. The van der Waals surface area contributed by atoms with E-state index in [1.165, 1.54) is 55.2 Å². The number of ether oxygens (including phenoxy) is 2. The highest BCUT2D eigenvalue weighted by Crippen LogP contribution is 2.40. The Kier molecular flexibility index (Phi) is 12.0. The molecule has 0 radical (unpaired) electrons. The Morgan fingerprint density at radius 3 is 1.85 bits per heavy atom. The molecule has 0 bridgehead atoms. The van der Waals surface area contributed by atoms with Crippen molar-refractivity contribution < 1.29 is 24.2 Å². The summed E-state index contributed by atoms with van der Waals surface area (Å²) in [5, 5.41) is 9.13. The molecule has 39 heavy (non-hydrogen) atoms. The minimum Gasteiger partial charge on any atom is -0.462 e. The second kappa shape index (κ2) is 15.4. The van der Waals surface area contributed by atoms with Crippen molar-refractivity contribution in [2.45, 2.75) is 83.0 Å². The first kappa shape index (κ1) is 30.4. The minimum atomic E-state index is -0.659. The van der Waals surface area contributed by atoms with Crippen molar-refractivity contribution in [1.29, 1.82) is 0 Å². The number of aliphatic hydroxyl groups is 1. The topological polar surface area (TPSA) is 72.8 Å². The average molecular weight is 533 g/mol. The van der Waals surface area contributed by atoms with Crippen molar-refractivity contribution in [3.63, 3.8) is 0 Å². The molecular formula is C34H44O5.